The van der Waals surface area contributed by atoms with Gasteiger partial charge in [-0.1, -0.05) is 18.2 Å². The summed E-state index contributed by atoms with van der Waals surface area (Å²) in [6.45, 7) is 1.06. The first-order valence-electron chi connectivity index (χ1n) is 9.27. The van der Waals surface area contributed by atoms with E-state index in [1.54, 1.807) is 29.6 Å². The van der Waals surface area contributed by atoms with Crippen LogP contribution in [-0.4, -0.2) is 41.7 Å². The smallest absolute Gasteiger partial charge is 0.288 e. The van der Waals surface area contributed by atoms with Crippen molar-refractivity contribution in [3.8, 4) is 0 Å². The average Bonchev–Trinajstić information content (AvgIpc) is 3.05. The van der Waals surface area contributed by atoms with Gasteiger partial charge >= 0.3 is 0 Å². The largest absolute Gasteiger partial charge is 0.497 e. The van der Waals surface area contributed by atoms with Crippen LogP contribution in [0, 0.1) is 5.92 Å². The zero-order valence-corrected chi connectivity index (χ0v) is 15.6. The molecule has 0 spiro atoms. The molecule has 2 heterocycles. The van der Waals surface area contributed by atoms with E-state index in [4.69, 9.17) is 14.7 Å². The Morgan fingerprint density at radius 3 is 2.96 bits per heavy atom. The summed E-state index contributed by atoms with van der Waals surface area (Å²) in [5.41, 5.74) is 4.06. The minimum atomic E-state index is -0.540. The zero-order chi connectivity index (χ0) is 19.7. The molecule has 3 aliphatic rings. The molecule has 0 saturated heterocycles. The highest BCUT2D eigenvalue weighted by molar-refractivity contribution is 5.94. The summed E-state index contributed by atoms with van der Waals surface area (Å²) in [6.07, 6.45) is 8.88. The molecule has 0 aromatic heterocycles. The van der Waals surface area contributed by atoms with Gasteiger partial charge in [0.15, 0.2) is 11.9 Å². The quantitative estimate of drug-likeness (QED) is 0.617. The zero-order valence-electron chi connectivity index (χ0n) is 15.6. The van der Waals surface area contributed by atoms with E-state index < -0.39 is 5.91 Å². The Balaban J connectivity index is 1.51. The molecule has 2 amide bonds. The summed E-state index contributed by atoms with van der Waals surface area (Å²) in [5, 5.41) is 8.82. The van der Waals surface area contributed by atoms with Crippen molar-refractivity contribution in [1.82, 2.24) is 10.4 Å². The normalized spacial score (nSPS) is 22.9. The van der Waals surface area contributed by atoms with Gasteiger partial charge in [0.1, 0.15) is 5.76 Å². The lowest BCUT2D eigenvalue weighted by molar-refractivity contribution is -0.131. The van der Waals surface area contributed by atoms with Gasteiger partial charge in [-0.2, -0.15) is 0 Å². The molecule has 2 unspecified atom stereocenters. The van der Waals surface area contributed by atoms with Crippen LogP contribution in [0.2, 0.25) is 0 Å². The fraction of sp³-hybridized carbons (Fsp3) is 0.333. The standard InChI is InChI=1S/C21H22N2O5/c1-27-17-6-2-4-14-11-18(28-19(14)17)21(25)23-9-3-5-13-10-15(20(24)22-26)7-8-16(13)12-23/h2,4,6-8,10-11,14,19,26H,3,5,9,12H2,1H3,(H,22,24). The number of hydroxylamine groups is 1. The van der Waals surface area contributed by atoms with Gasteiger partial charge < -0.3 is 14.4 Å². The number of nitrogens with zero attached hydrogens (tertiary/aromatic N) is 1. The van der Waals surface area contributed by atoms with Crippen molar-refractivity contribution < 1.29 is 24.3 Å². The number of nitrogens with one attached hydrogen (secondary N) is 1. The van der Waals surface area contributed by atoms with Crippen molar-refractivity contribution in [3.05, 3.63) is 70.7 Å². The number of amides is 2. The van der Waals surface area contributed by atoms with Gasteiger partial charge in [-0.15, -0.1) is 0 Å². The Labute approximate surface area is 162 Å². The number of carbonyl (C=O) groups is 2. The summed E-state index contributed by atoms with van der Waals surface area (Å²) in [4.78, 5) is 26.5. The molecule has 146 valence electrons. The molecule has 1 aromatic rings. The van der Waals surface area contributed by atoms with Crippen molar-refractivity contribution in [2.24, 2.45) is 5.92 Å². The van der Waals surface area contributed by atoms with E-state index in [-0.39, 0.29) is 17.9 Å². The van der Waals surface area contributed by atoms with Gasteiger partial charge in [-0.05, 0) is 48.3 Å². The van der Waals surface area contributed by atoms with Crippen LogP contribution in [0.1, 0.15) is 27.9 Å². The van der Waals surface area contributed by atoms with Crippen LogP contribution in [0.4, 0.5) is 0 Å². The van der Waals surface area contributed by atoms with Gasteiger partial charge in [0.05, 0.1) is 7.11 Å². The van der Waals surface area contributed by atoms with Gasteiger partial charge in [-0.25, -0.2) is 5.48 Å². The summed E-state index contributed by atoms with van der Waals surface area (Å²) in [7, 11) is 1.60. The highest BCUT2D eigenvalue weighted by atomic mass is 16.5. The van der Waals surface area contributed by atoms with E-state index in [9.17, 15) is 9.59 Å². The number of benzene rings is 1. The van der Waals surface area contributed by atoms with Gasteiger partial charge in [-0.3, -0.25) is 14.8 Å². The third-order valence-electron chi connectivity index (χ3n) is 5.36. The predicted molar refractivity (Wildman–Crippen MR) is 100 cm³/mol. The van der Waals surface area contributed by atoms with Crippen LogP contribution in [0.3, 0.4) is 0 Å². The Morgan fingerprint density at radius 2 is 2.18 bits per heavy atom. The number of aryl methyl sites for hydroxylation is 1. The molecule has 0 saturated carbocycles. The summed E-state index contributed by atoms with van der Waals surface area (Å²) < 4.78 is 11.3. The summed E-state index contributed by atoms with van der Waals surface area (Å²) >= 11 is 0. The van der Waals surface area contributed by atoms with E-state index in [0.29, 0.717) is 30.2 Å². The molecule has 0 radical (unpaired) electrons. The van der Waals surface area contributed by atoms with Crippen molar-refractivity contribution in [2.45, 2.75) is 25.5 Å². The molecule has 4 rings (SSSR count). The molecule has 2 N–H and O–H groups in total. The molecule has 1 aliphatic carbocycles. The predicted octanol–water partition coefficient (Wildman–Crippen LogP) is 2.08. The highest BCUT2D eigenvalue weighted by Crippen LogP contribution is 2.34. The van der Waals surface area contributed by atoms with Crippen molar-refractivity contribution in [1.29, 1.82) is 0 Å². The van der Waals surface area contributed by atoms with E-state index >= 15 is 0 Å². The summed E-state index contributed by atoms with van der Waals surface area (Å²) in [5.74, 6) is 0.384. The Bertz CT molecular complexity index is 902. The third-order valence-corrected chi connectivity index (χ3v) is 5.36. The number of ether oxygens (including phenoxy) is 2. The lowest BCUT2D eigenvalue weighted by Gasteiger charge is -2.24. The number of hydrogen-bond acceptors (Lipinski definition) is 5. The van der Waals surface area contributed by atoms with E-state index in [1.165, 1.54) is 0 Å². The van der Waals surface area contributed by atoms with Crippen molar-refractivity contribution in [3.63, 3.8) is 0 Å². The number of carbonyl (C=O) groups excluding carboxylic acids is 2. The first kappa shape index (κ1) is 18.3. The van der Waals surface area contributed by atoms with Crippen LogP contribution >= 0.6 is 0 Å². The first-order chi connectivity index (χ1) is 13.6. The SMILES string of the molecule is COC1=CC=CC2C=C(C(=O)N3CCCc4cc(C(=O)NO)ccc4C3)OC12. The number of fused-ring (bicyclic) bond motifs is 2. The fourth-order valence-corrected chi connectivity index (χ4v) is 3.89. The Hall–Kier alpha value is -3.06. The molecule has 28 heavy (non-hydrogen) atoms. The lowest BCUT2D eigenvalue weighted by atomic mass is 9.97. The maximum absolute atomic E-state index is 13.1. The van der Waals surface area contributed by atoms with Crippen molar-refractivity contribution in [2.75, 3.05) is 13.7 Å². The second kappa shape index (κ2) is 7.52. The highest BCUT2D eigenvalue weighted by Gasteiger charge is 2.37. The molecule has 2 atom stereocenters. The molecule has 7 nitrogen and oxygen atoms in total. The van der Waals surface area contributed by atoms with Crippen molar-refractivity contribution >= 4 is 11.8 Å². The second-order valence-corrected chi connectivity index (χ2v) is 7.06. The van der Waals surface area contributed by atoms with Crippen LogP contribution in [0.25, 0.3) is 0 Å². The monoisotopic (exact) mass is 382 g/mol. The van der Waals surface area contributed by atoms with Crippen LogP contribution in [-0.2, 0) is 27.2 Å². The number of hydrogen-bond donors (Lipinski definition) is 2. The van der Waals surface area contributed by atoms with Gasteiger partial charge in [0.25, 0.3) is 11.8 Å². The fourth-order valence-electron chi connectivity index (χ4n) is 3.89. The number of methoxy groups -OCH3 is 1. The minimum absolute atomic E-state index is 0.00211. The number of rotatable bonds is 3. The lowest BCUT2D eigenvalue weighted by Crippen LogP contribution is -2.32. The van der Waals surface area contributed by atoms with E-state index in [1.807, 2.05) is 30.4 Å². The minimum Gasteiger partial charge on any atom is -0.497 e. The molecular formula is C21H22N2O5. The van der Waals surface area contributed by atoms with E-state index in [0.717, 1.165) is 24.0 Å². The second-order valence-electron chi connectivity index (χ2n) is 7.06. The Morgan fingerprint density at radius 1 is 1.32 bits per heavy atom. The van der Waals surface area contributed by atoms with Crippen LogP contribution < -0.4 is 5.48 Å². The molecule has 2 aliphatic heterocycles. The maximum atomic E-state index is 13.1. The molecule has 7 heteroatoms. The molecule has 0 bridgehead atoms. The van der Waals surface area contributed by atoms with Crippen LogP contribution in [0.5, 0.6) is 0 Å². The molecule has 0 fully saturated rings. The topological polar surface area (TPSA) is 88.1 Å². The maximum Gasteiger partial charge on any atom is 0.288 e. The molecule has 1 aromatic carbocycles. The first-order valence-corrected chi connectivity index (χ1v) is 9.27. The third kappa shape index (κ3) is 3.29. The Kier molecular flexibility index (Phi) is 4.92. The van der Waals surface area contributed by atoms with E-state index in [2.05, 4.69) is 0 Å². The molecular weight excluding hydrogens is 360 g/mol. The average molecular weight is 382 g/mol. The van der Waals surface area contributed by atoms with Crippen LogP contribution in [0.15, 0.2) is 54.0 Å². The number of allylic oxidation sites excluding steroid dienone is 2. The summed E-state index contributed by atoms with van der Waals surface area (Å²) in [6, 6.07) is 5.26. The van der Waals surface area contributed by atoms with Gasteiger partial charge in [0.2, 0.25) is 0 Å². The van der Waals surface area contributed by atoms with Gasteiger partial charge in [0, 0.05) is 24.6 Å².